The van der Waals surface area contributed by atoms with E-state index < -0.39 is 0 Å². The van der Waals surface area contributed by atoms with Gasteiger partial charge in [-0.15, -0.1) is 0 Å². The van der Waals surface area contributed by atoms with Crippen LogP contribution < -0.4 is 9.47 Å². The first kappa shape index (κ1) is 25.2. The van der Waals surface area contributed by atoms with Crippen molar-refractivity contribution in [2.45, 2.75) is 13.2 Å². The van der Waals surface area contributed by atoms with E-state index in [9.17, 15) is 4.79 Å². The largest absolute Gasteiger partial charge is 0.489 e. The molecule has 4 aromatic carbocycles. The van der Waals surface area contributed by atoms with Crippen molar-refractivity contribution in [1.29, 1.82) is 0 Å². The molecule has 4 aromatic rings. The molecular weight excluding hydrogens is 470 g/mol. The summed E-state index contributed by atoms with van der Waals surface area (Å²) in [5, 5.41) is 0. The number of benzene rings is 4. The zero-order valence-corrected chi connectivity index (χ0v) is 21.5. The molecule has 1 fully saturated rings. The van der Waals surface area contributed by atoms with Crippen LogP contribution in [-0.4, -0.2) is 30.8 Å². The monoisotopic (exact) mass is 501 g/mol. The van der Waals surface area contributed by atoms with Crippen LogP contribution in [0.5, 0.6) is 11.5 Å². The molecule has 1 aliphatic rings. The predicted octanol–water partition coefficient (Wildman–Crippen LogP) is 6.83. The molecule has 190 valence electrons. The molecule has 0 aliphatic carbocycles. The Morgan fingerprint density at radius 1 is 0.605 bits per heavy atom. The highest BCUT2D eigenvalue weighted by Gasteiger charge is 2.23. The molecule has 0 bridgehead atoms. The number of hydrogen-bond donors (Lipinski definition) is 0. The Kier molecular flexibility index (Phi) is 8.12. The number of Topliss-reactive ketones (excluding diaryl/α,β-unsaturated/α-hetero) is 1. The topological polar surface area (TPSA) is 38.8 Å². The molecule has 0 unspecified atom stereocenters. The maximum atomic E-state index is 13.3. The quantitative estimate of drug-likeness (QED) is 0.248. The molecule has 4 nitrogen and oxygen atoms in total. The number of nitrogens with zero attached hydrogens (tertiary/aromatic N) is 1. The summed E-state index contributed by atoms with van der Waals surface area (Å²) in [7, 11) is 2.04. The second-order valence-electron chi connectivity index (χ2n) is 9.53. The summed E-state index contributed by atoms with van der Waals surface area (Å²) in [4.78, 5) is 15.5. The lowest BCUT2D eigenvalue weighted by Crippen LogP contribution is -2.34. The van der Waals surface area contributed by atoms with Gasteiger partial charge in [-0.2, -0.15) is 0 Å². The molecule has 1 heterocycles. The Bertz CT molecular complexity index is 1300. The number of piperidine rings is 1. The second-order valence-corrected chi connectivity index (χ2v) is 9.53. The molecule has 0 radical (unpaired) electrons. The van der Waals surface area contributed by atoms with E-state index >= 15 is 0 Å². The standard InChI is InChI=1S/C34H31NO3/c1-35-22-30(20-26-12-16-32(17-13-26)37-24-28-8-4-2-5-9-28)34(36)31(23-35)21-27-14-18-33(19-15-27)38-25-29-10-6-3-7-11-29/h2-21H,22-25H2,1H3. The first-order valence-corrected chi connectivity index (χ1v) is 12.8. The summed E-state index contributed by atoms with van der Waals surface area (Å²) >= 11 is 0. The lowest BCUT2D eigenvalue weighted by atomic mass is 9.94. The van der Waals surface area contributed by atoms with E-state index in [0.717, 1.165) is 44.9 Å². The normalized spacial score (nSPS) is 16.1. The van der Waals surface area contributed by atoms with Crippen LogP contribution in [-0.2, 0) is 18.0 Å². The van der Waals surface area contributed by atoms with E-state index in [0.29, 0.717) is 26.3 Å². The first-order chi connectivity index (χ1) is 18.6. The van der Waals surface area contributed by atoms with Crippen LogP contribution in [0.3, 0.4) is 0 Å². The third-order valence-corrected chi connectivity index (χ3v) is 6.40. The van der Waals surface area contributed by atoms with Crippen molar-refractivity contribution in [3.8, 4) is 11.5 Å². The SMILES string of the molecule is CN1CC(=Cc2ccc(OCc3ccccc3)cc2)C(=O)C(=Cc2ccc(OCc3ccccc3)cc2)C1. The summed E-state index contributed by atoms with van der Waals surface area (Å²) in [6.45, 7) is 2.29. The maximum Gasteiger partial charge on any atom is 0.187 e. The predicted molar refractivity (Wildman–Crippen MR) is 153 cm³/mol. The van der Waals surface area contributed by atoms with Crippen LogP contribution in [0.2, 0.25) is 0 Å². The fourth-order valence-corrected chi connectivity index (χ4v) is 4.41. The highest BCUT2D eigenvalue weighted by molar-refractivity contribution is 6.14. The van der Waals surface area contributed by atoms with Crippen molar-refractivity contribution >= 4 is 17.9 Å². The molecule has 0 spiro atoms. The molecule has 4 heteroatoms. The molecule has 5 rings (SSSR count). The van der Waals surface area contributed by atoms with Gasteiger partial charge in [-0.3, -0.25) is 9.69 Å². The lowest BCUT2D eigenvalue weighted by Gasteiger charge is -2.26. The Morgan fingerprint density at radius 3 is 1.39 bits per heavy atom. The van der Waals surface area contributed by atoms with Gasteiger partial charge in [0.15, 0.2) is 5.78 Å². The van der Waals surface area contributed by atoms with Crippen molar-refractivity contribution in [3.63, 3.8) is 0 Å². The molecule has 0 saturated carbocycles. The zero-order chi connectivity index (χ0) is 26.2. The van der Waals surface area contributed by atoms with E-state index in [1.54, 1.807) is 0 Å². The van der Waals surface area contributed by atoms with Gasteiger partial charge in [-0.25, -0.2) is 0 Å². The first-order valence-electron chi connectivity index (χ1n) is 12.8. The van der Waals surface area contributed by atoms with E-state index in [4.69, 9.17) is 9.47 Å². The molecule has 38 heavy (non-hydrogen) atoms. The number of likely N-dealkylation sites (tertiary alicyclic amines) is 1. The Labute approximate surface area is 224 Å². The molecule has 1 saturated heterocycles. The minimum absolute atomic E-state index is 0.0944. The maximum absolute atomic E-state index is 13.3. The number of ketones is 1. The molecular formula is C34H31NO3. The van der Waals surface area contributed by atoms with Crippen molar-refractivity contribution in [3.05, 3.63) is 143 Å². The van der Waals surface area contributed by atoms with Gasteiger partial charge < -0.3 is 9.47 Å². The van der Waals surface area contributed by atoms with Crippen LogP contribution in [0.4, 0.5) is 0 Å². The number of rotatable bonds is 8. The van der Waals surface area contributed by atoms with Gasteiger partial charge in [-0.05, 0) is 65.7 Å². The summed E-state index contributed by atoms with van der Waals surface area (Å²) in [6.07, 6.45) is 3.96. The average Bonchev–Trinajstić information content (AvgIpc) is 2.96. The van der Waals surface area contributed by atoms with Crippen LogP contribution in [0.1, 0.15) is 22.3 Å². The molecule has 1 aliphatic heterocycles. The summed E-state index contributed by atoms with van der Waals surface area (Å²) in [6, 6.07) is 36.0. The number of likely N-dealkylation sites (N-methyl/N-ethyl adjacent to an activating group) is 1. The van der Waals surface area contributed by atoms with Gasteiger partial charge >= 0.3 is 0 Å². The summed E-state index contributed by atoms with van der Waals surface area (Å²) in [5.41, 5.74) is 5.79. The van der Waals surface area contributed by atoms with Crippen molar-refractivity contribution < 1.29 is 14.3 Å². The van der Waals surface area contributed by atoms with E-state index in [1.165, 1.54) is 0 Å². The molecule has 0 amide bonds. The smallest absolute Gasteiger partial charge is 0.187 e. The summed E-state index contributed by atoms with van der Waals surface area (Å²) in [5.74, 6) is 1.71. The third-order valence-electron chi connectivity index (χ3n) is 6.40. The van der Waals surface area contributed by atoms with E-state index in [-0.39, 0.29) is 5.78 Å². The molecule has 0 aromatic heterocycles. The van der Waals surface area contributed by atoms with E-state index in [1.807, 2.05) is 128 Å². The number of carbonyl (C=O) groups excluding carboxylic acids is 1. The van der Waals surface area contributed by atoms with E-state index in [2.05, 4.69) is 4.90 Å². The Hall–Kier alpha value is -4.41. The molecule has 0 atom stereocenters. The van der Waals surface area contributed by atoms with Crippen LogP contribution in [0, 0.1) is 0 Å². The van der Waals surface area contributed by atoms with Gasteiger partial charge in [0.05, 0.1) is 0 Å². The van der Waals surface area contributed by atoms with Gasteiger partial charge in [-0.1, -0.05) is 84.9 Å². The van der Waals surface area contributed by atoms with Crippen LogP contribution in [0.25, 0.3) is 12.2 Å². The van der Waals surface area contributed by atoms with Crippen molar-refractivity contribution in [2.24, 2.45) is 0 Å². The van der Waals surface area contributed by atoms with Crippen LogP contribution >= 0.6 is 0 Å². The van der Waals surface area contributed by atoms with Gasteiger partial charge in [0.2, 0.25) is 0 Å². The molecule has 0 N–H and O–H groups in total. The number of hydrogen-bond acceptors (Lipinski definition) is 4. The average molecular weight is 502 g/mol. The van der Waals surface area contributed by atoms with Gasteiger partial charge in [0.1, 0.15) is 24.7 Å². The summed E-state index contributed by atoms with van der Waals surface area (Å²) < 4.78 is 11.8. The van der Waals surface area contributed by atoms with Gasteiger partial charge in [0.25, 0.3) is 0 Å². The van der Waals surface area contributed by atoms with Crippen molar-refractivity contribution in [2.75, 3.05) is 20.1 Å². The fourth-order valence-electron chi connectivity index (χ4n) is 4.41. The number of ether oxygens (including phenoxy) is 2. The third kappa shape index (κ3) is 6.87. The van der Waals surface area contributed by atoms with Gasteiger partial charge in [0, 0.05) is 24.2 Å². The number of carbonyl (C=O) groups is 1. The highest BCUT2D eigenvalue weighted by Crippen LogP contribution is 2.23. The highest BCUT2D eigenvalue weighted by atomic mass is 16.5. The minimum Gasteiger partial charge on any atom is -0.489 e. The second kappa shape index (κ2) is 12.2. The zero-order valence-electron chi connectivity index (χ0n) is 21.5. The lowest BCUT2D eigenvalue weighted by molar-refractivity contribution is -0.113. The fraction of sp³-hybridized carbons (Fsp3) is 0.147. The van der Waals surface area contributed by atoms with Crippen LogP contribution in [0.15, 0.2) is 120 Å². The Balaban J connectivity index is 1.23. The minimum atomic E-state index is 0.0944. The Morgan fingerprint density at radius 2 is 1.00 bits per heavy atom. The van der Waals surface area contributed by atoms with Crippen molar-refractivity contribution in [1.82, 2.24) is 4.90 Å².